The van der Waals surface area contributed by atoms with Crippen LogP contribution in [0.1, 0.15) is 28.9 Å². The SMILES string of the molecule is CC1Cc2ccncc2-c2cc(=O)c(C(=O)O)cn21. The summed E-state index contributed by atoms with van der Waals surface area (Å²) in [6.07, 6.45) is 5.67. The molecule has 3 heterocycles. The Labute approximate surface area is 109 Å². The second kappa shape index (κ2) is 4.05. The number of nitrogens with zero attached hydrogens (tertiary/aromatic N) is 2. The van der Waals surface area contributed by atoms with Crippen molar-refractivity contribution in [3.8, 4) is 11.3 Å². The van der Waals surface area contributed by atoms with Gasteiger partial charge < -0.3 is 9.67 Å². The number of fused-ring (bicyclic) bond motifs is 3. The van der Waals surface area contributed by atoms with Gasteiger partial charge in [-0.2, -0.15) is 0 Å². The first-order chi connectivity index (χ1) is 9.08. The highest BCUT2D eigenvalue weighted by molar-refractivity contribution is 5.87. The number of aromatic carboxylic acids is 1. The number of carbonyl (C=O) groups is 1. The molecule has 0 saturated carbocycles. The third kappa shape index (κ3) is 1.74. The Bertz CT molecular complexity index is 734. The normalized spacial score (nSPS) is 16.6. The molecule has 0 bridgehead atoms. The number of aromatic nitrogens is 2. The number of hydrogen-bond acceptors (Lipinski definition) is 3. The van der Waals surface area contributed by atoms with E-state index in [2.05, 4.69) is 4.98 Å². The molecule has 0 saturated heterocycles. The fourth-order valence-corrected chi connectivity index (χ4v) is 2.54. The number of pyridine rings is 2. The van der Waals surface area contributed by atoms with Gasteiger partial charge in [-0.15, -0.1) is 0 Å². The quantitative estimate of drug-likeness (QED) is 0.843. The van der Waals surface area contributed by atoms with Gasteiger partial charge in [-0.25, -0.2) is 4.79 Å². The van der Waals surface area contributed by atoms with Crippen molar-refractivity contribution < 1.29 is 9.90 Å². The molecule has 0 spiro atoms. The largest absolute Gasteiger partial charge is 0.477 e. The van der Waals surface area contributed by atoms with Crippen molar-refractivity contribution in [3.05, 3.63) is 52.1 Å². The topological polar surface area (TPSA) is 72.2 Å². The molecule has 1 aliphatic heterocycles. The van der Waals surface area contributed by atoms with Gasteiger partial charge in [0.25, 0.3) is 0 Å². The summed E-state index contributed by atoms with van der Waals surface area (Å²) in [5, 5.41) is 9.02. The van der Waals surface area contributed by atoms with Crippen LogP contribution in [0.2, 0.25) is 0 Å². The highest BCUT2D eigenvalue weighted by Crippen LogP contribution is 2.32. The maximum atomic E-state index is 11.8. The summed E-state index contributed by atoms with van der Waals surface area (Å²) in [7, 11) is 0. The van der Waals surface area contributed by atoms with Gasteiger partial charge in [0, 0.05) is 36.3 Å². The molecule has 0 aliphatic carbocycles. The number of carboxylic acid groups (broad SMARTS) is 1. The van der Waals surface area contributed by atoms with Crippen molar-refractivity contribution in [2.45, 2.75) is 19.4 Å². The van der Waals surface area contributed by atoms with Crippen molar-refractivity contribution in [2.24, 2.45) is 0 Å². The van der Waals surface area contributed by atoms with E-state index in [1.165, 1.54) is 12.3 Å². The van der Waals surface area contributed by atoms with Crippen LogP contribution in [0.5, 0.6) is 0 Å². The van der Waals surface area contributed by atoms with Crippen LogP contribution in [0.4, 0.5) is 0 Å². The molecule has 5 nitrogen and oxygen atoms in total. The second-order valence-corrected chi connectivity index (χ2v) is 4.73. The van der Waals surface area contributed by atoms with Gasteiger partial charge in [-0.05, 0) is 25.0 Å². The summed E-state index contributed by atoms with van der Waals surface area (Å²) in [4.78, 5) is 26.9. The number of carboxylic acids is 1. The van der Waals surface area contributed by atoms with Crippen LogP contribution in [0.25, 0.3) is 11.3 Å². The molecule has 1 unspecified atom stereocenters. The smallest absolute Gasteiger partial charge is 0.341 e. The third-order valence-corrected chi connectivity index (χ3v) is 3.49. The van der Waals surface area contributed by atoms with Crippen LogP contribution in [-0.4, -0.2) is 20.6 Å². The minimum atomic E-state index is -1.19. The van der Waals surface area contributed by atoms with Gasteiger partial charge in [0.05, 0.1) is 5.69 Å². The molecule has 1 aliphatic rings. The maximum absolute atomic E-state index is 11.8. The van der Waals surface area contributed by atoms with Crippen LogP contribution in [0.3, 0.4) is 0 Å². The Balaban J connectivity index is 2.31. The lowest BCUT2D eigenvalue weighted by Crippen LogP contribution is -2.24. The molecule has 0 amide bonds. The van der Waals surface area contributed by atoms with Gasteiger partial charge in [-0.3, -0.25) is 9.78 Å². The number of rotatable bonds is 1. The Morgan fingerprint density at radius 2 is 2.32 bits per heavy atom. The third-order valence-electron chi connectivity index (χ3n) is 3.49. The van der Waals surface area contributed by atoms with E-state index in [0.29, 0.717) is 0 Å². The maximum Gasteiger partial charge on any atom is 0.341 e. The molecule has 5 heteroatoms. The van der Waals surface area contributed by atoms with E-state index in [4.69, 9.17) is 5.11 Å². The monoisotopic (exact) mass is 256 g/mol. The molecule has 0 radical (unpaired) electrons. The van der Waals surface area contributed by atoms with E-state index >= 15 is 0 Å². The Morgan fingerprint density at radius 3 is 3.05 bits per heavy atom. The lowest BCUT2D eigenvalue weighted by molar-refractivity contribution is 0.0694. The van der Waals surface area contributed by atoms with Gasteiger partial charge in [0.15, 0.2) is 5.43 Å². The zero-order chi connectivity index (χ0) is 13.6. The van der Waals surface area contributed by atoms with Gasteiger partial charge >= 0.3 is 5.97 Å². The molecule has 1 N–H and O–H groups in total. The second-order valence-electron chi connectivity index (χ2n) is 4.73. The predicted molar refractivity (Wildman–Crippen MR) is 69.3 cm³/mol. The zero-order valence-electron chi connectivity index (χ0n) is 10.3. The van der Waals surface area contributed by atoms with Gasteiger partial charge in [0.1, 0.15) is 5.56 Å². The molecular weight excluding hydrogens is 244 g/mol. The molecule has 96 valence electrons. The van der Waals surface area contributed by atoms with Gasteiger partial charge in [0.2, 0.25) is 0 Å². The van der Waals surface area contributed by atoms with E-state index in [9.17, 15) is 9.59 Å². The van der Waals surface area contributed by atoms with Crippen LogP contribution in [0, 0.1) is 0 Å². The highest BCUT2D eigenvalue weighted by Gasteiger charge is 2.23. The first kappa shape index (κ1) is 11.6. The first-order valence-corrected chi connectivity index (χ1v) is 6.00. The average molecular weight is 256 g/mol. The fourth-order valence-electron chi connectivity index (χ4n) is 2.54. The van der Waals surface area contributed by atoms with Crippen molar-refractivity contribution in [1.82, 2.24) is 9.55 Å². The van der Waals surface area contributed by atoms with Crippen LogP contribution < -0.4 is 5.43 Å². The van der Waals surface area contributed by atoms with E-state index in [1.54, 1.807) is 12.4 Å². The highest BCUT2D eigenvalue weighted by atomic mass is 16.4. The molecule has 2 aromatic rings. The molecule has 2 aromatic heterocycles. The van der Waals surface area contributed by atoms with Crippen LogP contribution in [0.15, 0.2) is 35.5 Å². The molecule has 3 rings (SSSR count). The van der Waals surface area contributed by atoms with E-state index in [0.717, 1.165) is 23.2 Å². The van der Waals surface area contributed by atoms with E-state index in [1.807, 2.05) is 17.6 Å². The Hall–Kier alpha value is -2.43. The lowest BCUT2D eigenvalue weighted by atomic mass is 9.95. The summed E-state index contributed by atoms with van der Waals surface area (Å²) in [5.41, 5.74) is 2.10. The van der Waals surface area contributed by atoms with Crippen molar-refractivity contribution in [2.75, 3.05) is 0 Å². The average Bonchev–Trinajstić information content (AvgIpc) is 2.38. The van der Waals surface area contributed by atoms with Crippen molar-refractivity contribution in [3.63, 3.8) is 0 Å². The Morgan fingerprint density at radius 1 is 1.53 bits per heavy atom. The minimum Gasteiger partial charge on any atom is -0.477 e. The van der Waals surface area contributed by atoms with Crippen molar-refractivity contribution >= 4 is 5.97 Å². The summed E-state index contributed by atoms with van der Waals surface area (Å²) in [6, 6.07) is 3.44. The molecule has 19 heavy (non-hydrogen) atoms. The minimum absolute atomic E-state index is 0.114. The molecular formula is C14H12N2O3. The molecule has 1 atom stereocenters. The molecule has 0 fully saturated rings. The zero-order valence-corrected chi connectivity index (χ0v) is 10.3. The number of hydrogen-bond donors (Lipinski definition) is 1. The molecule has 0 aromatic carbocycles. The van der Waals surface area contributed by atoms with Gasteiger partial charge in [-0.1, -0.05) is 0 Å². The summed E-state index contributed by atoms with van der Waals surface area (Å²) >= 11 is 0. The lowest BCUT2D eigenvalue weighted by Gasteiger charge is -2.27. The Kier molecular flexibility index (Phi) is 2.48. The van der Waals surface area contributed by atoms with E-state index < -0.39 is 11.4 Å². The summed E-state index contributed by atoms with van der Waals surface area (Å²) < 4.78 is 1.84. The standard InChI is InChI=1S/C14H12N2O3/c1-8-4-9-2-3-15-6-10(9)12-5-13(17)11(14(18)19)7-16(8)12/h2-3,5-8H,4H2,1H3,(H,18,19). The van der Waals surface area contributed by atoms with Crippen LogP contribution in [-0.2, 0) is 6.42 Å². The van der Waals surface area contributed by atoms with Crippen LogP contribution >= 0.6 is 0 Å². The fraction of sp³-hybridized carbons (Fsp3) is 0.214. The predicted octanol–water partition coefficient (Wildman–Crippen LogP) is 1.73. The van der Waals surface area contributed by atoms with Crippen molar-refractivity contribution in [1.29, 1.82) is 0 Å². The summed E-state index contributed by atoms with van der Waals surface area (Å²) in [5.74, 6) is -1.19. The van der Waals surface area contributed by atoms with E-state index in [-0.39, 0.29) is 11.6 Å². The first-order valence-electron chi connectivity index (χ1n) is 6.00. The summed E-state index contributed by atoms with van der Waals surface area (Å²) in [6.45, 7) is 2.00.